The lowest BCUT2D eigenvalue weighted by Gasteiger charge is -2.17. The van der Waals surface area contributed by atoms with Gasteiger partial charge in [0.05, 0.1) is 5.92 Å². The zero-order valence-electron chi connectivity index (χ0n) is 13.5. The third-order valence-corrected chi connectivity index (χ3v) is 4.74. The van der Waals surface area contributed by atoms with Gasteiger partial charge in [-0.25, -0.2) is 0 Å². The number of fused-ring (bicyclic) bond motifs is 1. The van der Waals surface area contributed by atoms with Crippen molar-refractivity contribution in [2.75, 3.05) is 14.1 Å². The van der Waals surface area contributed by atoms with Crippen LogP contribution >= 0.6 is 11.6 Å². The molecule has 0 aliphatic heterocycles. The van der Waals surface area contributed by atoms with Crippen LogP contribution in [0.3, 0.4) is 0 Å². The first kappa shape index (κ1) is 18.3. The summed E-state index contributed by atoms with van der Waals surface area (Å²) < 4.78 is 0. The zero-order valence-corrected chi connectivity index (χ0v) is 14.3. The number of carboxylic acids is 1. The molecule has 1 aromatic rings. The Balaban J connectivity index is 2.23. The SMILES string of the molecule is CN(C)Cc1cc2c(cc1Cl)CC(CCCB(O)O)C2C(=O)O. The Morgan fingerprint density at radius 2 is 2.09 bits per heavy atom. The highest BCUT2D eigenvalue weighted by molar-refractivity contribution is 6.40. The predicted octanol–water partition coefficient (Wildman–Crippen LogP) is 2.00. The first-order valence-electron chi connectivity index (χ1n) is 7.84. The second-order valence-electron chi connectivity index (χ2n) is 6.57. The van der Waals surface area contributed by atoms with Gasteiger partial charge in [-0.05, 0) is 61.9 Å². The number of carboxylic acid groups (broad SMARTS) is 1. The van der Waals surface area contributed by atoms with Crippen LogP contribution in [0.4, 0.5) is 0 Å². The summed E-state index contributed by atoms with van der Waals surface area (Å²) in [6, 6.07) is 3.82. The Hall–Kier alpha value is -1.08. The summed E-state index contributed by atoms with van der Waals surface area (Å²) in [5, 5.41) is 28.2. The fraction of sp³-hybridized carbons (Fsp3) is 0.562. The second-order valence-corrected chi connectivity index (χ2v) is 6.98. The number of hydrogen-bond donors (Lipinski definition) is 3. The van der Waals surface area contributed by atoms with Gasteiger partial charge in [0, 0.05) is 11.6 Å². The van der Waals surface area contributed by atoms with Crippen molar-refractivity contribution in [2.24, 2.45) is 5.92 Å². The van der Waals surface area contributed by atoms with E-state index in [1.54, 1.807) is 0 Å². The first-order chi connectivity index (χ1) is 10.8. The van der Waals surface area contributed by atoms with E-state index in [0.29, 0.717) is 30.8 Å². The third kappa shape index (κ3) is 4.47. The Morgan fingerprint density at radius 3 is 2.65 bits per heavy atom. The summed E-state index contributed by atoms with van der Waals surface area (Å²) in [4.78, 5) is 13.7. The molecule has 1 aromatic carbocycles. The maximum Gasteiger partial charge on any atom is 0.451 e. The first-order valence-corrected chi connectivity index (χ1v) is 8.22. The molecule has 0 saturated carbocycles. The van der Waals surface area contributed by atoms with Crippen molar-refractivity contribution in [3.8, 4) is 0 Å². The fourth-order valence-corrected chi connectivity index (χ4v) is 3.67. The molecule has 0 aromatic heterocycles. The van der Waals surface area contributed by atoms with Gasteiger partial charge in [-0.3, -0.25) is 4.79 Å². The standard InChI is InChI=1S/C16H23BClNO4/c1-19(2)9-12-7-13-11(8-14(12)18)6-10(15(13)16(20)21)4-3-5-17(22)23/h7-8,10,15,22-23H,3-6,9H2,1-2H3,(H,20,21). The quantitative estimate of drug-likeness (QED) is 0.662. The third-order valence-electron chi connectivity index (χ3n) is 4.39. The summed E-state index contributed by atoms with van der Waals surface area (Å²) in [5.41, 5.74) is 2.79. The smallest absolute Gasteiger partial charge is 0.451 e. The zero-order chi connectivity index (χ0) is 17.1. The van der Waals surface area contributed by atoms with Crippen molar-refractivity contribution in [1.29, 1.82) is 0 Å². The summed E-state index contributed by atoms with van der Waals surface area (Å²) in [7, 11) is 2.56. The molecule has 0 radical (unpaired) electrons. The van der Waals surface area contributed by atoms with Gasteiger partial charge in [-0.15, -0.1) is 0 Å². The van der Waals surface area contributed by atoms with Gasteiger partial charge in [0.15, 0.2) is 0 Å². The van der Waals surface area contributed by atoms with Crippen LogP contribution in [0.25, 0.3) is 0 Å². The van der Waals surface area contributed by atoms with E-state index in [0.717, 1.165) is 16.7 Å². The Bertz CT molecular complexity index is 579. The topological polar surface area (TPSA) is 81.0 Å². The van der Waals surface area contributed by atoms with Gasteiger partial charge < -0.3 is 20.1 Å². The van der Waals surface area contributed by atoms with E-state index in [2.05, 4.69) is 0 Å². The molecule has 0 amide bonds. The molecule has 5 nitrogen and oxygen atoms in total. The molecule has 23 heavy (non-hydrogen) atoms. The van der Waals surface area contributed by atoms with Crippen LogP contribution in [0.2, 0.25) is 11.3 Å². The number of halogens is 1. The molecular formula is C16H23BClNO4. The van der Waals surface area contributed by atoms with Crippen LogP contribution in [0.15, 0.2) is 12.1 Å². The van der Waals surface area contributed by atoms with Gasteiger partial charge in [0.1, 0.15) is 0 Å². The Labute approximate surface area is 142 Å². The molecule has 126 valence electrons. The Morgan fingerprint density at radius 1 is 1.39 bits per heavy atom. The summed E-state index contributed by atoms with van der Waals surface area (Å²) in [6.07, 6.45) is 2.20. The number of benzene rings is 1. The molecular weight excluding hydrogens is 316 g/mol. The van der Waals surface area contributed by atoms with Crippen LogP contribution in [0.5, 0.6) is 0 Å². The summed E-state index contributed by atoms with van der Waals surface area (Å²) >= 11 is 6.33. The number of carbonyl (C=O) groups is 1. The highest BCUT2D eigenvalue weighted by atomic mass is 35.5. The van der Waals surface area contributed by atoms with E-state index < -0.39 is 19.0 Å². The molecule has 3 N–H and O–H groups in total. The molecule has 0 bridgehead atoms. The van der Waals surface area contributed by atoms with Crippen LogP contribution < -0.4 is 0 Å². The second kappa shape index (κ2) is 7.66. The van der Waals surface area contributed by atoms with E-state index in [1.165, 1.54) is 0 Å². The average Bonchev–Trinajstić information content (AvgIpc) is 2.75. The molecule has 1 aliphatic rings. The number of rotatable bonds is 7. The van der Waals surface area contributed by atoms with E-state index in [4.69, 9.17) is 21.6 Å². The summed E-state index contributed by atoms with van der Waals surface area (Å²) in [6.45, 7) is 0.666. The van der Waals surface area contributed by atoms with Crippen LogP contribution in [0.1, 0.15) is 35.4 Å². The van der Waals surface area contributed by atoms with Crippen molar-refractivity contribution < 1.29 is 19.9 Å². The number of aliphatic carboxylic acids is 1. The van der Waals surface area contributed by atoms with Gasteiger partial charge in [-0.1, -0.05) is 24.1 Å². The van der Waals surface area contributed by atoms with Crippen molar-refractivity contribution in [1.82, 2.24) is 4.90 Å². The van der Waals surface area contributed by atoms with Crippen molar-refractivity contribution in [2.45, 2.75) is 38.0 Å². The van der Waals surface area contributed by atoms with Gasteiger partial charge in [-0.2, -0.15) is 0 Å². The van der Waals surface area contributed by atoms with Crippen LogP contribution in [-0.2, 0) is 17.8 Å². The normalized spacial score (nSPS) is 19.9. The van der Waals surface area contributed by atoms with E-state index in [1.807, 2.05) is 31.1 Å². The van der Waals surface area contributed by atoms with Gasteiger partial charge >= 0.3 is 13.1 Å². The fourth-order valence-electron chi connectivity index (χ4n) is 3.43. The molecule has 7 heteroatoms. The molecule has 2 atom stereocenters. The molecule has 0 heterocycles. The minimum atomic E-state index is -1.33. The average molecular weight is 340 g/mol. The lowest BCUT2D eigenvalue weighted by atomic mass is 9.80. The van der Waals surface area contributed by atoms with Gasteiger partial charge in [0.25, 0.3) is 0 Å². The van der Waals surface area contributed by atoms with E-state index in [9.17, 15) is 9.90 Å². The molecule has 2 unspecified atom stereocenters. The van der Waals surface area contributed by atoms with Crippen molar-refractivity contribution in [3.05, 3.63) is 33.8 Å². The predicted molar refractivity (Wildman–Crippen MR) is 90.6 cm³/mol. The van der Waals surface area contributed by atoms with Crippen LogP contribution in [-0.4, -0.2) is 47.2 Å². The minimum Gasteiger partial charge on any atom is -0.481 e. The van der Waals surface area contributed by atoms with E-state index >= 15 is 0 Å². The highest BCUT2D eigenvalue weighted by Crippen LogP contribution is 2.43. The lowest BCUT2D eigenvalue weighted by Crippen LogP contribution is -2.19. The van der Waals surface area contributed by atoms with Crippen LogP contribution in [0, 0.1) is 5.92 Å². The maximum atomic E-state index is 11.7. The number of nitrogens with zero attached hydrogens (tertiary/aromatic N) is 1. The largest absolute Gasteiger partial charge is 0.481 e. The monoisotopic (exact) mass is 339 g/mol. The lowest BCUT2D eigenvalue weighted by molar-refractivity contribution is -0.139. The molecule has 2 rings (SSSR count). The van der Waals surface area contributed by atoms with Gasteiger partial charge in [0.2, 0.25) is 0 Å². The Kier molecular flexibility index (Phi) is 6.09. The van der Waals surface area contributed by atoms with E-state index in [-0.39, 0.29) is 12.2 Å². The number of hydrogen-bond acceptors (Lipinski definition) is 4. The minimum absolute atomic E-state index is 0.0214. The van der Waals surface area contributed by atoms with Crippen molar-refractivity contribution >= 4 is 24.7 Å². The molecule has 0 saturated heterocycles. The molecule has 1 aliphatic carbocycles. The maximum absolute atomic E-state index is 11.7. The molecule has 0 spiro atoms. The summed E-state index contributed by atoms with van der Waals surface area (Å²) in [5.74, 6) is -1.39. The molecule has 0 fully saturated rings. The van der Waals surface area contributed by atoms with Crippen molar-refractivity contribution in [3.63, 3.8) is 0 Å². The highest BCUT2D eigenvalue weighted by Gasteiger charge is 2.37.